The second-order valence-electron chi connectivity index (χ2n) is 15.2. The molecule has 0 atom stereocenters. The second kappa shape index (κ2) is 44.1. The van der Waals surface area contributed by atoms with Crippen LogP contribution in [-0.2, 0) is 76.3 Å². The molecule has 16 heteroatoms. The van der Waals surface area contributed by atoms with Gasteiger partial charge in [-0.15, -0.1) is 0 Å². The normalized spacial score (nSPS) is 10.6. The van der Waals surface area contributed by atoms with Crippen LogP contribution >= 0.6 is 0 Å². The molecular weight excluding hydrogens is 821 g/mol. The van der Waals surface area contributed by atoms with Gasteiger partial charge in [0.15, 0.2) is 0 Å². The van der Waals surface area contributed by atoms with Crippen LogP contribution in [0.5, 0.6) is 0 Å². The fourth-order valence-electron chi connectivity index (χ4n) is 5.85. The van der Waals surface area contributed by atoms with Gasteiger partial charge in [-0.05, 0) is 142 Å². The summed E-state index contributed by atoms with van der Waals surface area (Å²) >= 11 is 0. The Morgan fingerprint density at radius 3 is 0.667 bits per heavy atom. The third kappa shape index (κ3) is 43.9. The van der Waals surface area contributed by atoms with Crippen LogP contribution in [0.15, 0.2) is 12.7 Å². The maximum absolute atomic E-state index is 12.0. The van der Waals surface area contributed by atoms with E-state index in [9.17, 15) is 38.4 Å². The van der Waals surface area contributed by atoms with Crippen molar-refractivity contribution in [2.24, 2.45) is 0 Å². The zero-order chi connectivity index (χ0) is 46.4. The van der Waals surface area contributed by atoms with E-state index in [-0.39, 0.29) is 41.8 Å². The van der Waals surface area contributed by atoms with Crippen LogP contribution < -0.4 is 0 Å². The van der Waals surface area contributed by atoms with Gasteiger partial charge in [-0.3, -0.25) is 33.6 Å². The molecule has 0 aromatic rings. The predicted octanol–water partition coefficient (Wildman–Crippen LogP) is 8.46. The van der Waals surface area contributed by atoms with E-state index in [1.165, 1.54) is 0 Å². The number of ether oxygens (including phenoxy) is 8. The summed E-state index contributed by atoms with van der Waals surface area (Å²) in [4.78, 5) is 93.7. The van der Waals surface area contributed by atoms with Gasteiger partial charge in [-0.2, -0.15) is 0 Å². The van der Waals surface area contributed by atoms with Crippen molar-refractivity contribution in [3.8, 4) is 0 Å². The lowest BCUT2D eigenvalue weighted by atomic mass is 10.2. The monoisotopic (exact) mass is 899 g/mol. The fourth-order valence-corrected chi connectivity index (χ4v) is 5.85. The Morgan fingerprint density at radius 1 is 0.286 bits per heavy atom. The Labute approximate surface area is 375 Å². The van der Waals surface area contributed by atoms with Crippen molar-refractivity contribution < 1.29 is 76.3 Å². The van der Waals surface area contributed by atoms with Crippen molar-refractivity contribution in [1.29, 1.82) is 0 Å². The second-order valence-corrected chi connectivity index (χ2v) is 15.2. The topological polar surface area (TPSA) is 210 Å². The summed E-state index contributed by atoms with van der Waals surface area (Å²) in [6.45, 7) is 7.68. The highest BCUT2D eigenvalue weighted by atomic mass is 16.6. The number of hydrogen-bond donors (Lipinski definition) is 0. The number of rotatable bonds is 44. The van der Waals surface area contributed by atoms with E-state index >= 15 is 0 Å². The summed E-state index contributed by atoms with van der Waals surface area (Å²) in [5.41, 5.74) is 0. The van der Waals surface area contributed by atoms with E-state index in [1.54, 1.807) is 6.92 Å². The highest BCUT2D eigenvalue weighted by Gasteiger charge is 2.09. The lowest BCUT2D eigenvalue weighted by Crippen LogP contribution is -2.08. The third-order valence-corrected chi connectivity index (χ3v) is 9.47. The Morgan fingerprint density at radius 2 is 0.476 bits per heavy atom. The number of carbonyl (C=O) groups excluding carboxylic acids is 8. The Kier molecular flexibility index (Phi) is 41.0. The van der Waals surface area contributed by atoms with E-state index in [1.807, 2.05) is 0 Å². The molecular formula is C47H78O16. The summed E-state index contributed by atoms with van der Waals surface area (Å²) in [6, 6.07) is 0. The molecule has 0 amide bonds. The quantitative estimate of drug-likeness (QED) is 0.0243. The Bertz CT molecular complexity index is 1270. The molecule has 0 radical (unpaired) electrons. The molecule has 0 fully saturated rings. The van der Waals surface area contributed by atoms with Crippen molar-refractivity contribution in [3.63, 3.8) is 0 Å². The lowest BCUT2D eigenvalue weighted by Gasteiger charge is -2.07. The summed E-state index contributed by atoms with van der Waals surface area (Å²) < 4.78 is 41.2. The zero-order valence-corrected chi connectivity index (χ0v) is 38.3. The molecule has 0 aromatic heterocycles. The molecule has 16 nitrogen and oxygen atoms in total. The molecule has 0 aliphatic carbocycles. The van der Waals surface area contributed by atoms with Crippen molar-refractivity contribution in [2.45, 2.75) is 187 Å². The fraction of sp³-hybridized carbons (Fsp3) is 0.787. The van der Waals surface area contributed by atoms with Gasteiger partial charge in [0.2, 0.25) is 0 Å². The zero-order valence-electron chi connectivity index (χ0n) is 38.3. The molecule has 0 rings (SSSR count). The number of unbranched alkanes of at least 4 members (excludes halogenated alkanes) is 14. The third-order valence-electron chi connectivity index (χ3n) is 9.47. The van der Waals surface area contributed by atoms with Crippen LogP contribution in [0.3, 0.4) is 0 Å². The first kappa shape index (κ1) is 58.5. The molecule has 0 unspecified atom stereocenters. The first-order valence-corrected chi connectivity index (χ1v) is 23.5. The molecule has 0 aromatic carbocycles. The lowest BCUT2D eigenvalue weighted by molar-refractivity contribution is -0.146. The minimum Gasteiger partial charge on any atom is -0.466 e. The van der Waals surface area contributed by atoms with Crippen LogP contribution in [0.2, 0.25) is 0 Å². The van der Waals surface area contributed by atoms with Gasteiger partial charge in [-0.1, -0.05) is 6.58 Å². The molecule has 0 saturated carbocycles. The van der Waals surface area contributed by atoms with Gasteiger partial charge in [0.1, 0.15) is 0 Å². The van der Waals surface area contributed by atoms with Crippen molar-refractivity contribution in [1.82, 2.24) is 0 Å². The maximum atomic E-state index is 12.0. The van der Waals surface area contributed by atoms with Gasteiger partial charge >= 0.3 is 47.8 Å². The first-order chi connectivity index (χ1) is 30.6. The average Bonchev–Trinajstić information content (AvgIpc) is 3.26. The van der Waals surface area contributed by atoms with Crippen molar-refractivity contribution >= 4 is 47.8 Å². The van der Waals surface area contributed by atoms with E-state index in [0.717, 1.165) is 51.0 Å². The van der Waals surface area contributed by atoms with Gasteiger partial charge < -0.3 is 37.9 Å². The Balaban J connectivity index is 3.48. The molecule has 0 aliphatic heterocycles. The number of hydrogen-bond acceptors (Lipinski definition) is 16. The minimum absolute atomic E-state index is 0.201. The van der Waals surface area contributed by atoms with Gasteiger partial charge in [0.25, 0.3) is 0 Å². The molecule has 0 heterocycles. The van der Waals surface area contributed by atoms with Gasteiger partial charge in [0, 0.05) is 51.0 Å². The largest absolute Gasteiger partial charge is 0.466 e. The summed E-state index contributed by atoms with van der Waals surface area (Å²) in [7, 11) is 0. The molecule has 0 saturated heterocycles. The summed E-state index contributed by atoms with van der Waals surface area (Å²) in [6.07, 6.45) is 18.0. The minimum atomic E-state index is -0.451. The van der Waals surface area contributed by atoms with Crippen LogP contribution in [0.4, 0.5) is 0 Å². The van der Waals surface area contributed by atoms with Crippen LogP contribution in [0, 0.1) is 0 Å². The van der Waals surface area contributed by atoms with Crippen LogP contribution in [-0.4, -0.2) is 101 Å². The average molecular weight is 899 g/mol. The molecule has 0 spiro atoms. The molecule has 0 aliphatic rings. The summed E-state index contributed by atoms with van der Waals surface area (Å²) in [5, 5.41) is 0. The molecule has 0 bridgehead atoms. The summed E-state index contributed by atoms with van der Waals surface area (Å²) in [5.74, 6) is -2.21. The van der Waals surface area contributed by atoms with Crippen molar-refractivity contribution in [2.75, 3.05) is 52.9 Å². The molecule has 0 N–H and O–H groups in total. The highest BCUT2D eigenvalue weighted by molar-refractivity contribution is 5.81. The smallest absolute Gasteiger partial charge is 0.330 e. The van der Waals surface area contributed by atoms with Crippen LogP contribution in [0.1, 0.15) is 187 Å². The number of carbonyl (C=O) groups is 8. The highest BCUT2D eigenvalue weighted by Crippen LogP contribution is 2.10. The standard InChI is InChI=1S/C47H78O16/c1-3-40(48)57-33-19-6-13-27-42(50)59-35-21-8-15-29-44(52)61-37-23-10-17-31-46(54)63-39-25-11-18-32-47(55)62-38-24-9-16-30-45(53)60-36-22-7-14-28-43(51)58-34-20-5-12-26-41(49)56-4-2/h3H,1,4-39H2,2H3. The maximum Gasteiger partial charge on any atom is 0.330 e. The Hall–Kier alpha value is -4.50. The van der Waals surface area contributed by atoms with Crippen molar-refractivity contribution in [3.05, 3.63) is 12.7 Å². The van der Waals surface area contributed by atoms with E-state index in [2.05, 4.69) is 6.58 Å². The van der Waals surface area contributed by atoms with E-state index < -0.39 is 5.97 Å². The van der Waals surface area contributed by atoms with Gasteiger partial charge in [0.05, 0.1) is 52.9 Å². The van der Waals surface area contributed by atoms with Crippen LogP contribution in [0.25, 0.3) is 0 Å². The SMILES string of the molecule is C=CC(=O)OCCCCCC(=O)OCCCCCC(=O)OCCCCCC(=O)OCCCCCC(=O)OCCCCCC(=O)OCCCCCC(=O)OCCCCCC(=O)OCC. The van der Waals surface area contributed by atoms with E-state index in [4.69, 9.17) is 37.9 Å². The van der Waals surface area contributed by atoms with E-state index in [0.29, 0.717) is 188 Å². The first-order valence-electron chi connectivity index (χ1n) is 23.5. The van der Waals surface area contributed by atoms with Gasteiger partial charge in [-0.25, -0.2) is 4.79 Å². The number of esters is 8. The predicted molar refractivity (Wildman–Crippen MR) is 233 cm³/mol. The molecule has 63 heavy (non-hydrogen) atoms. The molecule has 362 valence electrons.